The van der Waals surface area contributed by atoms with Crippen molar-refractivity contribution in [3.8, 4) is 0 Å². The first-order valence-electron chi connectivity index (χ1n) is 6.77. The molecular formula is C12H23N3O6S. The molecule has 2 atom stereocenters. The molecule has 4 N–H and O–H groups in total. The minimum atomic E-state index is -4.17. The quantitative estimate of drug-likeness (QED) is 0.401. The molecule has 10 heteroatoms. The highest BCUT2D eigenvalue weighted by molar-refractivity contribution is 7.83. The first-order chi connectivity index (χ1) is 10.1. The lowest BCUT2D eigenvalue weighted by molar-refractivity contribution is -0.0877. The number of hydrogen-bond donors (Lipinski definition) is 3. The molecule has 0 bridgehead atoms. The van der Waals surface area contributed by atoms with Crippen molar-refractivity contribution in [2.75, 3.05) is 0 Å². The second-order valence-electron chi connectivity index (χ2n) is 4.73. The summed E-state index contributed by atoms with van der Waals surface area (Å²) in [5, 5.41) is 13.6. The zero-order valence-corrected chi connectivity index (χ0v) is 13.4. The first kappa shape index (κ1) is 20.5. The van der Waals surface area contributed by atoms with Crippen LogP contribution in [-0.2, 0) is 15.0 Å². The SMILES string of the molecule is CCCCCC(C)C(O)OC(=O)n1ccnc1.NS(=O)(=O)O. The van der Waals surface area contributed by atoms with Gasteiger partial charge in [0.2, 0.25) is 6.29 Å². The fourth-order valence-electron chi connectivity index (χ4n) is 1.51. The summed E-state index contributed by atoms with van der Waals surface area (Å²) in [6.45, 7) is 4.00. The van der Waals surface area contributed by atoms with Gasteiger partial charge in [-0.05, 0) is 6.42 Å². The topological polar surface area (TPSA) is 145 Å². The van der Waals surface area contributed by atoms with Crippen LogP contribution in [0.4, 0.5) is 4.79 Å². The van der Waals surface area contributed by atoms with Gasteiger partial charge in [0.05, 0.1) is 0 Å². The van der Waals surface area contributed by atoms with Crippen LogP contribution in [0.1, 0.15) is 39.5 Å². The molecule has 0 aliphatic carbocycles. The Morgan fingerprint density at radius 2 is 2.05 bits per heavy atom. The summed E-state index contributed by atoms with van der Waals surface area (Å²) in [4.78, 5) is 15.2. The molecule has 1 heterocycles. The Labute approximate surface area is 130 Å². The molecule has 2 unspecified atom stereocenters. The Hall–Kier alpha value is -1.49. The van der Waals surface area contributed by atoms with Crippen LogP contribution in [0.3, 0.4) is 0 Å². The maximum Gasteiger partial charge on any atom is 0.421 e. The molecule has 0 amide bonds. The standard InChI is InChI=1S/C12H20N2O3.H3NO3S/c1-3-4-5-6-10(2)11(15)17-12(16)14-8-7-13-9-14;1-5(2,3)4/h7-11,15H,3-6H2,1-2H3;(H3,1,2,3,4). The molecule has 0 aliphatic rings. The Morgan fingerprint density at radius 3 is 2.50 bits per heavy atom. The largest absolute Gasteiger partial charge is 0.421 e. The van der Waals surface area contributed by atoms with E-state index in [4.69, 9.17) is 17.7 Å². The van der Waals surface area contributed by atoms with Gasteiger partial charge in [0, 0.05) is 18.3 Å². The van der Waals surface area contributed by atoms with Gasteiger partial charge in [-0.2, -0.15) is 8.42 Å². The van der Waals surface area contributed by atoms with Crippen molar-refractivity contribution in [2.45, 2.75) is 45.8 Å². The lowest BCUT2D eigenvalue weighted by Crippen LogP contribution is -2.27. The zero-order valence-electron chi connectivity index (χ0n) is 12.6. The molecule has 0 saturated carbocycles. The number of rotatable bonds is 6. The van der Waals surface area contributed by atoms with E-state index in [2.05, 4.69) is 17.0 Å². The predicted octanol–water partition coefficient (Wildman–Crippen LogP) is 1.15. The molecule has 0 radical (unpaired) electrons. The van der Waals surface area contributed by atoms with Crippen molar-refractivity contribution < 1.29 is 27.6 Å². The molecule has 0 aliphatic heterocycles. The van der Waals surface area contributed by atoms with Crippen LogP contribution in [0, 0.1) is 5.92 Å². The van der Waals surface area contributed by atoms with Crippen LogP contribution < -0.4 is 5.14 Å². The number of unbranched alkanes of at least 4 members (excludes halogenated alkanes) is 2. The molecule has 0 aromatic carbocycles. The third-order valence-electron chi connectivity index (χ3n) is 2.69. The third-order valence-corrected chi connectivity index (χ3v) is 2.69. The minimum absolute atomic E-state index is 0.0472. The van der Waals surface area contributed by atoms with E-state index in [1.54, 1.807) is 0 Å². The Morgan fingerprint density at radius 1 is 1.45 bits per heavy atom. The molecule has 22 heavy (non-hydrogen) atoms. The van der Waals surface area contributed by atoms with Gasteiger partial charge in [0.1, 0.15) is 6.33 Å². The lowest BCUT2D eigenvalue weighted by atomic mass is 10.0. The summed E-state index contributed by atoms with van der Waals surface area (Å²) < 4.78 is 31.3. The van der Waals surface area contributed by atoms with Gasteiger partial charge in [0.15, 0.2) is 0 Å². The Bertz CT molecular complexity index is 509. The van der Waals surface area contributed by atoms with Gasteiger partial charge in [-0.3, -0.25) is 4.55 Å². The van der Waals surface area contributed by atoms with Crippen molar-refractivity contribution in [1.82, 2.24) is 9.55 Å². The van der Waals surface area contributed by atoms with Crippen molar-refractivity contribution in [1.29, 1.82) is 0 Å². The second-order valence-corrected chi connectivity index (χ2v) is 5.76. The number of aliphatic hydroxyl groups is 1. The number of aromatic nitrogens is 2. The van der Waals surface area contributed by atoms with Crippen LogP contribution in [0.2, 0.25) is 0 Å². The first-order valence-corrected chi connectivity index (χ1v) is 8.27. The number of hydrogen-bond acceptors (Lipinski definition) is 6. The van der Waals surface area contributed by atoms with Crippen LogP contribution in [0.15, 0.2) is 18.7 Å². The number of imidazole rings is 1. The fraction of sp³-hybridized carbons (Fsp3) is 0.667. The minimum Gasteiger partial charge on any atom is -0.419 e. The normalized spacial score (nSPS) is 13.7. The maximum absolute atomic E-state index is 11.5. The smallest absolute Gasteiger partial charge is 0.419 e. The molecule has 1 aromatic heterocycles. The van der Waals surface area contributed by atoms with Gasteiger partial charge in [-0.25, -0.2) is 19.5 Å². The molecule has 128 valence electrons. The molecule has 1 rings (SSSR count). The average molecular weight is 337 g/mol. The summed E-state index contributed by atoms with van der Waals surface area (Å²) in [5.74, 6) is -0.0472. The molecule has 0 saturated heterocycles. The molecule has 0 fully saturated rings. The van der Waals surface area contributed by atoms with Gasteiger partial charge in [-0.1, -0.05) is 33.1 Å². The lowest BCUT2D eigenvalue weighted by Gasteiger charge is -2.18. The van der Waals surface area contributed by atoms with Crippen molar-refractivity contribution in [3.63, 3.8) is 0 Å². The summed E-state index contributed by atoms with van der Waals surface area (Å²) >= 11 is 0. The van der Waals surface area contributed by atoms with E-state index in [9.17, 15) is 9.90 Å². The predicted molar refractivity (Wildman–Crippen MR) is 79.2 cm³/mol. The number of carbonyl (C=O) groups is 1. The molecule has 9 nitrogen and oxygen atoms in total. The number of nitrogens with two attached hydrogens (primary N) is 1. The van der Waals surface area contributed by atoms with Crippen LogP contribution >= 0.6 is 0 Å². The van der Waals surface area contributed by atoms with Crippen LogP contribution in [0.5, 0.6) is 0 Å². The second kappa shape index (κ2) is 10.3. The summed E-state index contributed by atoms with van der Waals surface area (Å²) in [6, 6.07) is 0. The highest BCUT2D eigenvalue weighted by atomic mass is 32.2. The summed E-state index contributed by atoms with van der Waals surface area (Å²) in [7, 11) is -4.17. The van der Waals surface area contributed by atoms with Gasteiger partial charge < -0.3 is 9.84 Å². The zero-order chi connectivity index (χ0) is 17.2. The van der Waals surface area contributed by atoms with Crippen LogP contribution in [0.25, 0.3) is 0 Å². The van der Waals surface area contributed by atoms with Gasteiger partial charge in [0.25, 0.3) is 0 Å². The molecular weight excluding hydrogens is 314 g/mol. The summed E-state index contributed by atoms with van der Waals surface area (Å²) in [5.41, 5.74) is 0. The van der Waals surface area contributed by atoms with E-state index < -0.39 is 22.7 Å². The van der Waals surface area contributed by atoms with Crippen molar-refractivity contribution in [3.05, 3.63) is 18.7 Å². The fourth-order valence-corrected chi connectivity index (χ4v) is 1.51. The number of aliphatic hydroxyl groups excluding tert-OH is 1. The number of ether oxygens (including phenoxy) is 1. The monoisotopic (exact) mass is 337 g/mol. The van der Waals surface area contributed by atoms with E-state index in [-0.39, 0.29) is 5.92 Å². The number of carbonyl (C=O) groups excluding carboxylic acids is 1. The Balaban J connectivity index is 0.000000763. The molecule has 1 aromatic rings. The van der Waals surface area contributed by atoms with E-state index in [1.807, 2.05) is 6.92 Å². The van der Waals surface area contributed by atoms with E-state index in [0.29, 0.717) is 0 Å². The maximum atomic E-state index is 11.5. The van der Waals surface area contributed by atoms with Crippen molar-refractivity contribution >= 4 is 16.4 Å². The van der Waals surface area contributed by atoms with Gasteiger partial charge >= 0.3 is 16.4 Å². The van der Waals surface area contributed by atoms with E-state index >= 15 is 0 Å². The average Bonchev–Trinajstić information content (AvgIpc) is 2.90. The Kier molecular flexibility index (Phi) is 9.58. The molecule has 0 spiro atoms. The van der Waals surface area contributed by atoms with E-state index in [0.717, 1.165) is 25.7 Å². The highest BCUT2D eigenvalue weighted by Crippen LogP contribution is 2.14. The van der Waals surface area contributed by atoms with E-state index in [1.165, 1.54) is 23.3 Å². The van der Waals surface area contributed by atoms with Crippen molar-refractivity contribution in [2.24, 2.45) is 11.1 Å². The highest BCUT2D eigenvalue weighted by Gasteiger charge is 2.19. The van der Waals surface area contributed by atoms with Gasteiger partial charge in [-0.15, -0.1) is 0 Å². The summed E-state index contributed by atoms with van der Waals surface area (Å²) in [6.07, 6.45) is 6.82. The van der Waals surface area contributed by atoms with Crippen LogP contribution in [-0.4, -0.2) is 40.0 Å². The third kappa shape index (κ3) is 11.2. The number of nitrogens with zero attached hydrogens (tertiary/aromatic N) is 2.